The zero-order valence-corrected chi connectivity index (χ0v) is 18.9. The van der Waals surface area contributed by atoms with Gasteiger partial charge in [-0.25, -0.2) is 0 Å². The van der Waals surface area contributed by atoms with Crippen LogP contribution >= 0.6 is 0 Å². The van der Waals surface area contributed by atoms with Gasteiger partial charge in [0.05, 0.1) is 25.4 Å². The van der Waals surface area contributed by atoms with Gasteiger partial charge in [0.2, 0.25) is 0 Å². The Morgan fingerprint density at radius 3 is 2.62 bits per heavy atom. The molecule has 0 aliphatic carbocycles. The maximum Gasteiger partial charge on any atom is 0.256 e. The first-order valence-corrected chi connectivity index (χ1v) is 11.0. The molecule has 0 unspecified atom stereocenters. The SMILES string of the molecule is C=C(COC)c1cc(C(=O)N2Cc3ccc(CN4CCOCC4)cc3C2)c(N)cc1NC. The number of hydrogen-bond acceptors (Lipinski definition) is 6. The van der Waals surface area contributed by atoms with Crippen LogP contribution in [-0.2, 0) is 29.1 Å². The minimum atomic E-state index is -0.0671. The molecule has 170 valence electrons. The molecule has 1 saturated heterocycles. The van der Waals surface area contributed by atoms with Crippen molar-refractivity contribution in [2.45, 2.75) is 19.6 Å². The minimum absolute atomic E-state index is 0.0671. The summed E-state index contributed by atoms with van der Waals surface area (Å²) < 4.78 is 10.7. The van der Waals surface area contributed by atoms with Gasteiger partial charge in [-0.15, -0.1) is 0 Å². The van der Waals surface area contributed by atoms with Gasteiger partial charge in [0.1, 0.15) is 0 Å². The van der Waals surface area contributed by atoms with Gasteiger partial charge >= 0.3 is 0 Å². The Morgan fingerprint density at radius 1 is 1.16 bits per heavy atom. The van der Waals surface area contributed by atoms with E-state index < -0.39 is 0 Å². The highest BCUT2D eigenvalue weighted by Gasteiger charge is 2.27. The predicted molar refractivity (Wildman–Crippen MR) is 127 cm³/mol. The molecule has 2 heterocycles. The molecule has 0 bridgehead atoms. The van der Waals surface area contributed by atoms with Gasteiger partial charge in [-0.05, 0) is 34.4 Å². The molecule has 0 radical (unpaired) electrons. The number of rotatable bonds is 7. The average Bonchev–Trinajstić information content (AvgIpc) is 3.22. The van der Waals surface area contributed by atoms with E-state index in [1.54, 1.807) is 13.2 Å². The number of fused-ring (bicyclic) bond motifs is 1. The number of nitrogens with two attached hydrogens (primary N) is 1. The van der Waals surface area contributed by atoms with Crippen molar-refractivity contribution in [1.29, 1.82) is 0 Å². The number of morpholine rings is 1. The van der Waals surface area contributed by atoms with E-state index in [-0.39, 0.29) is 5.91 Å². The summed E-state index contributed by atoms with van der Waals surface area (Å²) in [6.07, 6.45) is 0. The number of benzene rings is 2. The molecular weight excluding hydrogens is 404 g/mol. The quantitative estimate of drug-likeness (QED) is 0.650. The lowest BCUT2D eigenvalue weighted by atomic mass is 10.00. The van der Waals surface area contributed by atoms with Crippen LogP contribution in [0.1, 0.15) is 32.6 Å². The van der Waals surface area contributed by atoms with E-state index in [0.29, 0.717) is 30.9 Å². The average molecular weight is 437 g/mol. The lowest BCUT2D eigenvalue weighted by molar-refractivity contribution is 0.0342. The van der Waals surface area contributed by atoms with Crippen molar-refractivity contribution >= 4 is 22.9 Å². The first kappa shape index (κ1) is 22.3. The van der Waals surface area contributed by atoms with Crippen LogP contribution in [0.25, 0.3) is 5.57 Å². The highest BCUT2D eigenvalue weighted by molar-refractivity contribution is 6.01. The predicted octanol–water partition coefficient (Wildman–Crippen LogP) is 2.96. The molecule has 1 fully saturated rings. The Balaban J connectivity index is 1.52. The standard InChI is InChI=1S/C25H32N4O3/c1-17(16-31-3)21-11-22(23(26)12-24(21)27-2)25(30)29-14-19-5-4-18(10-20(19)15-29)13-28-6-8-32-9-7-28/h4-5,10-12,27H,1,6-9,13-16,26H2,2-3H3. The summed E-state index contributed by atoms with van der Waals surface area (Å²) in [6, 6.07) is 10.2. The summed E-state index contributed by atoms with van der Waals surface area (Å²) in [5.74, 6) is -0.0671. The fourth-order valence-corrected chi connectivity index (χ4v) is 4.43. The van der Waals surface area contributed by atoms with Gasteiger partial charge in [-0.3, -0.25) is 9.69 Å². The second-order valence-electron chi connectivity index (χ2n) is 8.42. The molecular formula is C25H32N4O3. The molecule has 0 aromatic heterocycles. The summed E-state index contributed by atoms with van der Waals surface area (Å²) in [6.45, 7) is 10.1. The molecule has 2 aliphatic rings. The molecule has 2 aromatic rings. The van der Waals surface area contributed by atoms with Crippen molar-refractivity contribution < 1.29 is 14.3 Å². The summed E-state index contributed by atoms with van der Waals surface area (Å²) in [4.78, 5) is 17.7. The Bertz CT molecular complexity index is 1010. The largest absolute Gasteiger partial charge is 0.398 e. The van der Waals surface area contributed by atoms with E-state index in [2.05, 4.69) is 35.0 Å². The maximum atomic E-state index is 13.4. The number of amides is 1. The van der Waals surface area contributed by atoms with Gasteiger partial charge in [-0.1, -0.05) is 24.8 Å². The second kappa shape index (κ2) is 9.73. The third-order valence-corrected chi connectivity index (χ3v) is 6.18. The zero-order chi connectivity index (χ0) is 22.7. The Hall–Kier alpha value is -2.87. The zero-order valence-electron chi connectivity index (χ0n) is 18.9. The van der Waals surface area contributed by atoms with Gasteiger partial charge in [-0.2, -0.15) is 0 Å². The minimum Gasteiger partial charge on any atom is -0.398 e. The normalized spacial score (nSPS) is 16.1. The fraction of sp³-hybridized carbons (Fsp3) is 0.400. The smallest absolute Gasteiger partial charge is 0.256 e. The number of carbonyl (C=O) groups excluding carboxylic acids is 1. The Labute approximate surface area is 189 Å². The van der Waals surface area contributed by atoms with Gasteiger partial charge < -0.3 is 25.4 Å². The molecule has 0 saturated carbocycles. The van der Waals surface area contributed by atoms with Crippen LogP contribution in [0.2, 0.25) is 0 Å². The van der Waals surface area contributed by atoms with E-state index in [9.17, 15) is 4.79 Å². The second-order valence-corrected chi connectivity index (χ2v) is 8.42. The molecule has 1 amide bonds. The fourth-order valence-electron chi connectivity index (χ4n) is 4.43. The Morgan fingerprint density at radius 2 is 1.91 bits per heavy atom. The first-order valence-electron chi connectivity index (χ1n) is 11.0. The molecule has 2 aliphatic heterocycles. The van der Waals surface area contributed by atoms with Gasteiger partial charge in [0, 0.05) is 63.8 Å². The van der Waals surface area contributed by atoms with Crippen LogP contribution in [0.15, 0.2) is 36.9 Å². The number of nitrogens with zero attached hydrogens (tertiary/aromatic N) is 2. The highest BCUT2D eigenvalue weighted by atomic mass is 16.5. The molecule has 0 spiro atoms. The van der Waals surface area contributed by atoms with Crippen molar-refractivity contribution in [2.24, 2.45) is 0 Å². The summed E-state index contributed by atoms with van der Waals surface area (Å²) in [7, 11) is 3.45. The number of ether oxygens (including phenoxy) is 2. The number of anilines is 2. The van der Waals surface area contributed by atoms with E-state index in [1.807, 2.05) is 18.0 Å². The number of nitrogen functional groups attached to an aromatic ring is 1. The van der Waals surface area contributed by atoms with Crippen LogP contribution in [0.3, 0.4) is 0 Å². The van der Waals surface area contributed by atoms with Gasteiger partial charge in [0.15, 0.2) is 0 Å². The molecule has 4 rings (SSSR count). The van der Waals surface area contributed by atoms with Crippen LogP contribution in [0, 0.1) is 0 Å². The number of nitrogens with one attached hydrogen (secondary N) is 1. The maximum absolute atomic E-state index is 13.4. The van der Waals surface area contributed by atoms with Crippen LogP contribution in [0.5, 0.6) is 0 Å². The van der Waals surface area contributed by atoms with Crippen molar-refractivity contribution in [3.8, 4) is 0 Å². The molecule has 7 nitrogen and oxygen atoms in total. The molecule has 7 heteroatoms. The first-order chi connectivity index (χ1) is 15.5. The van der Waals surface area contributed by atoms with Gasteiger partial charge in [0.25, 0.3) is 5.91 Å². The number of methoxy groups -OCH3 is 1. The van der Waals surface area contributed by atoms with E-state index in [4.69, 9.17) is 15.2 Å². The summed E-state index contributed by atoms with van der Waals surface area (Å²) in [5, 5.41) is 3.13. The van der Waals surface area contributed by atoms with Crippen LogP contribution < -0.4 is 11.1 Å². The molecule has 2 aromatic carbocycles. The highest BCUT2D eigenvalue weighted by Crippen LogP contribution is 2.32. The van der Waals surface area contributed by atoms with Crippen LogP contribution in [-0.4, -0.2) is 62.8 Å². The van der Waals surface area contributed by atoms with E-state index >= 15 is 0 Å². The Kier molecular flexibility index (Phi) is 6.79. The van der Waals surface area contributed by atoms with Crippen LogP contribution in [0.4, 0.5) is 11.4 Å². The number of hydrogen-bond donors (Lipinski definition) is 2. The van der Waals surface area contributed by atoms with Crippen molar-refractivity contribution in [1.82, 2.24) is 9.80 Å². The monoisotopic (exact) mass is 436 g/mol. The third kappa shape index (κ3) is 4.65. The number of carbonyl (C=O) groups is 1. The molecule has 0 atom stereocenters. The lowest BCUT2D eigenvalue weighted by Gasteiger charge is -2.26. The van der Waals surface area contributed by atoms with E-state index in [0.717, 1.165) is 49.7 Å². The molecule has 32 heavy (non-hydrogen) atoms. The lowest BCUT2D eigenvalue weighted by Crippen LogP contribution is -2.35. The summed E-state index contributed by atoms with van der Waals surface area (Å²) >= 11 is 0. The third-order valence-electron chi connectivity index (χ3n) is 6.18. The van der Waals surface area contributed by atoms with Crippen molar-refractivity contribution in [2.75, 3.05) is 58.1 Å². The summed E-state index contributed by atoms with van der Waals surface area (Å²) in [5.41, 5.74) is 13.4. The van der Waals surface area contributed by atoms with Crippen molar-refractivity contribution in [3.05, 3.63) is 64.7 Å². The van der Waals surface area contributed by atoms with Crippen molar-refractivity contribution in [3.63, 3.8) is 0 Å². The van der Waals surface area contributed by atoms with E-state index in [1.165, 1.54) is 16.7 Å². The molecule has 3 N–H and O–H groups in total. The topological polar surface area (TPSA) is 80.1 Å².